The van der Waals surface area contributed by atoms with Gasteiger partial charge in [0.2, 0.25) is 0 Å². The monoisotopic (exact) mass is 590 g/mol. The molecule has 2 aromatic carbocycles. The summed E-state index contributed by atoms with van der Waals surface area (Å²) in [7, 11) is 0. The molecule has 0 amide bonds. The van der Waals surface area contributed by atoms with Crippen molar-refractivity contribution in [1.29, 1.82) is 0 Å². The number of nitrogens with zero attached hydrogens (tertiary/aromatic N) is 2. The van der Waals surface area contributed by atoms with E-state index in [-0.39, 0.29) is 17.6 Å². The predicted octanol–water partition coefficient (Wildman–Crippen LogP) is 9.80. The van der Waals surface area contributed by atoms with Crippen LogP contribution in [0.2, 0.25) is 10.0 Å². The third kappa shape index (κ3) is 4.44. The number of anilines is 1. The van der Waals surface area contributed by atoms with E-state index in [2.05, 4.69) is 62.2 Å². The summed E-state index contributed by atoms with van der Waals surface area (Å²) in [4.78, 5) is 0. The number of para-hydroxylation sites is 1. The fraction of sp³-hybridized carbons (Fsp3) is 0.583. The fourth-order valence-corrected chi connectivity index (χ4v) is 10.5. The number of hydrazone groups is 1. The molecule has 0 radical (unpaired) electrons. The molecule has 8 atom stereocenters. The van der Waals surface area contributed by atoms with Crippen molar-refractivity contribution in [3.63, 3.8) is 0 Å². The Kier molecular flexibility index (Phi) is 7.11. The van der Waals surface area contributed by atoms with Gasteiger partial charge in [0.05, 0.1) is 27.9 Å². The Balaban J connectivity index is 1.22. The zero-order chi connectivity index (χ0) is 28.5. The Morgan fingerprint density at radius 3 is 2.59 bits per heavy atom. The molecule has 0 bridgehead atoms. The van der Waals surface area contributed by atoms with Crippen LogP contribution in [0.5, 0.6) is 0 Å². The van der Waals surface area contributed by atoms with Crippen LogP contribution in [-0.4, -0.2) is 16.9 Å². The van der Waals surface area contributed by atoms with E-state index in [1.54, 1.807) is 5.57 Å². The second-order valence-corrected chi connectivity index (χ2v) is 15.0. The zero-order valence-corrected chi connectivity index (χ0v) is 26.3. The molecule has 218 valence electrons. The van der Waals surface area contributed by atoms with E-state index < -0.39 is 0 Å². The van der Waals surface area contributed by atoms with Gasteiger partial charge in [-0.25, -0.2) is 0 Å². The van der Waals surface area contributed by atoms with Crippen molar-refractivity contribution in [2.24, 2.45) is 39.6 Å². The van der Waals surface area contributed by atoms with Gasteiger partial charge < -0.3 is 5.11 Å². The van der Waals surface area contributed by atoms with Crippen LogP contribution in [0.4, 0.5) is 5.69 Å². The molecule has 5 heteroatoms. The van der Waals surface area contributed by atoms with Crippen molar-refractivity contribution in [3.05, 3.63) is 75.3 Å². The first-order valence-corrected chi connectivity index (χ1v) is 16.8. The molecule has 0 saturated heterocycles. The van der Waals surface area contributed by atoms with Crippen molar-refractivity contribution in [1.82, 2.24) is 0 Å². The molecule has 7 rings (SSSR count). The summed E-state index contributed by atoms with van der Waals surface area (Å²) in [6.07, 6.45) is 13.7. The highest BCUT2D eigenvalue weighted by molar-refractivity contribution is 6.42. The summed E-state index contributed by atoms with van der Waals surface area (Å²) >= 11 is 12.9. The van der Waals surface area contributed by atoms with E-state index in [1.165, 1.54) is 54.6 Å². The van der Waals surface area contributed by atoms with E-state index in [4.69, 9.17) is 28.3 Å². The second kappa shape index (κ2) is 10.4. The first-order valence-electron chi connectivity index (χ1n) is 16.0. The zero-order valence-electron chi connectivity index (χ0n) is 24.8. The van der Waals surface area contributed by atoms with Gasteiger partial charge in [-0.2, -0.15) is 5.10 Å². The third-order valence-electron chi connectivity index (χ3n) is 12.4. The molecule has 1 unspecified atom stereocenters. The Labute approximate surface area is 256 Å². The maximum atomic E-state index is 10.4. The van der Waals surface area contributed by atoms with Crippen molar-refractivity contribution < 1.29 is 5.11 Å². The molecular weight excluding hydrogens is 547 g/mol. The molecule has 3 nitrogen and oxygen atoms in total. The standard InChI is InChI=1S/C36H44Cl2N2O/c1-4-22-7-5-6-8-33(22)40-34(23-9-14-30(37)31(38)19-23)21-32(39-40)29-13-12-27-26-11-10-24-20-25(41)15-17-35(24,2)28(26)16-18-36(27,29)3/h5-10,14,19,25-29,34,41H,4,11-13,15-18,20-21H2,1-3H3/t25-,26-,27-,28-,29+,34?,35-,36-/m0/s1. The summed E-state index contributed by atoms with van der Waals surface area (Å²) in [6, 6.07) is 15.0. The minimum absolute atomic E-state index is 0.124. The Morgan fingerprint density at radius 2 is 1.78 bits per heavy atom. The number of hydrogen-bond acceptors (Lipinski definition) is 3. The highest BCUT2D eigenvalue weighted by Crippen LogP contribution is 2.67. The number of aliphatic hydroxyl groups excluding tert-OH is 1. The molecule has 4 aliphatic carbocycles. The van der Waals surface area contributed by atoms with Gasteiger partial charge in [0, 0.05) is 18.1 Å². The summed E-state index contributed by atoms with van der Waals surface area (Å²) < 4.78 is 0. The largest absolute Gasteiger partial charge is 0.393 e. The number of fused-ring (bicyclic) bond motifs is 5. The molecule has 0 aromatic heterocycles. The van der Waals surface area contributed by atoms with Crippen LogP contribution in [0, 0.1) is 34.5 Å². The predicted molar refractivity (Wildman–Crippen MR) is 171 cm³/mol. The smallest absolute Gasteiger partial charge is 0.0828 e. The van der Waals surface area contributed by atoms with Crippen molar-refractivity contribution in [2.45, 2.75) is 97.1 Å². The number of aliphatic hydroxyl groups is 1. The van der Waals surface area contributed by atoms with E-state index in [9.17, 15) is 5.11 Å². The summed E-state index contributed by atoms with van der Waals surface area (Å²) in [5.74, 6) is 2.78. The topological polar surface area (TPSA) is 35.8 Å². The molecular formula is C36H44Cl2N2O. The van der Waals surface area contributed by atoms with Crippen LogP contribution in [0.25, 0.3) is 0 Å². The van der Waals surface area contributed by atoms with E-state index in [0.717, 1.165) is 49.9 Å². The SMILES string of the molecule is CCc1ccccc1N1N=C([C@H]2CC[C@H]3[C@@H]4CC=C5C[C@@H](O)CC[C@]5(C)[C@H]4CC[C@]23C)CC1c1ccc(Cl)c(Cl)c1. The van der Waals surface area contributed by atoms with Gasteiger partial charge in [-0.1, -0.05) is 79.9 Å². The average molecular weight is 592 g/mol. The van der Waals surface area contributed by atoms with Crippen LogP contribution in [0.1, 0.15) is 95.7 Å². The van der Waals surface area contributed by atoms with E-state index in [0.29, 0.717) is 21.4 Å². The number of benzene rings is 2. The molecule has 3 saturated carbocycles. The molecule has 3 fully saturated rings. The molecule has 1 aliphatic heterocycles. The van der Waals surface area contributed by atoms with Crippen LogP contribution in [0.15, 0.2) is 59.2 Å². The number of allylic oxidation sites excluding steroid dienone is 1. The van der Waals surface area contributed by atoms with Crippen LogP contribution < -0.4 is 5.01 Å². The van der Waals surface area contributed by atoms with Gasteiger partial charge >= 0.3 is 0 Å². The highest BCUT2D eigenvalue weighted by Gasteiger charge is 2.59. The summed E-state index contributed by atoms with van der Waals surface area (Å²) in [6.45, 7) is 7.37. The molecule has 41 heavy (non-hydrogen) atoms. The molecule has 5 aliphatic rings. The number of rotatable bonds is 4. The summed E-state index contributed by atoms with van der Waals surface area (Å²) in [5, 5.41) is 19.4. The lowest BCUT2D eigenvalue weighted by molar-refractivity contribution is -0.0424. The number of aryl methyl sites for hydroxylation is 1. The van der Waals surface area contributed by atoms with Crippen molar-refractivity contribution in [2.75, 3.05) is 5.01 Å². The first-order chi connectivity index (χ1) is 19.7. The lowest BCUT2D eigenvalue weighted by atomic mass is 9.47. The van der Waals surface area contributed by atoms with Gasteiger partial charge in [-0.3, -0.25) is 5.01 Å². The number of hydrogen-bond donors (Lipinski definition) is 1. The van der Waals surface area contributed by atoms with E-state index >= 15 is 0 Å². The average Bonchev–Trinajstić information content (AvgIpc) is 3.56. The minimum Gasteiger partial charge on any atom is -0.393 e. The Bertz CT molecular complexity index is 1400. The third-order valence-corrected chi connectivity index (χ3v) is 13.1. The van der Waals surface area contributed by atoms with Crippen molar-refractivity contribution >= 4 is 34.6 Å². The van der Waals surface area contributed by atoms with Gasteiger partial charge in [0.15, 0.2) is 0 Å². The second-order valence-electron chi connectivity index (χ2n) is 14.1. The van der Waals surface area contributed by atoms with Gasteiger partial charge in [-0.15, -0.1) is 0 Å². The molecule has 0 spiro atoms. The van der Waals surface area contributed by atoms with Crippen LogP contribution in [-0.2, 0) is 6.42 Å². The lowest BCUT2D eigenvalue weighted by Gasteiger charge is -2.58. The van der Waals surface area contributed by atoms with Gasteiger partial charge in [-0.05, 0) is 116 Å². The quantitative estimate of drug-likeness (QED) is 0.359. The highest BCUT2D eigenvalue weighted by atomic mass is 35.5. The molecule has 2 aromatic rings. The Hall–Kier alpha value is -1.81. The number of halogens is 2. The molecule has 1 N–H and O–H groups in total. The Morgan fingerprint density at radius 1 is 0.951 bits per heavy atom. The summed E-state index contributed by atoms with van der Waals surface area (Å²) in [5.41, 5.74) is 7.24. The van der Waals surface area contributed by atoms with Gasteiger partial charge in [0.25, 0.3) is 0 Å². The maximum Gasteiger partial charge on any atom is 0.0828 e. The van der Waals surface area contributed by atoms with Gasteiger partial charge in [0.1, 0.15) is 0 Å². The first kappa shape index (κ1) is 28.0. The van der Waals surface area contributed by atoms with Crippen LogP contribution >= 0.6 is 23.2 Å². The molecule has 1 heterocycles. The maximum absolute atomic E-state index is 10.4. The van der Waals surface area contributed by atoms with Crippen LogP contribution in [0.3, 0.4) is 0 Å². The minimum atomic E-state index is -0.139. The normalized spacial score (nSPS) is 38.1. The van der Waals surface area contributed by atoms with Crippen molar-refractivity contribution in [3.8, 4) is 0 Å². The van der Waals surface area contributed by atoms with E-state index in [1.807, 2.05) is 12.1 Å². The lowest BCUT2D eigenvalue weighted by Crippen LogP contribution is -2.51. The fourth-order valence-electron chi connectivity index (χ4n) is 10.2.